The molecule has 0 saturated carbocycles. The molecule has 0 aliphatic carbocycles. The van der Waals surface area contributed by atoms with Crippen molar-refractivity contribution in [1.82, 2.24) is 4.31 Å². The molecule has 1 heterocycles. The lowest BCUT2D eigenvalue weighted by Crippen LogP contribution is -2.40. The van der Waals surface area contributed by atoms with E-state index < -0.39 is 21.9 Å². The first kappa shape index (κ1) is 17.8. The summed E-state index contributed by atoms with van der Waals surface area (Å²) in [5, 5.41) is 9.16. The first-order valence-corrected chi connectivity index (χ1v) is 8.77. The maximum Gasteiger partial charge on any atom is 0.306 e. The van der Waals surface area contributed by atoms with Crippen molar-refractivity contribution >= 4 is 27.6 Å². The molecule has 1 saturated heterocycles. The molecule has 1 fully saturated rings. The first-order valence-electron chi connectivity index (χ1n) is 6.95. The second-order valence-electron chi connectivity index (χ2n) is 5.15. The van der Waals surface area contributed by atoms with E-state index in [1.54, 1.807) is 0 Å². The van der Waals surface area contributed by atoms with Gasteiger partial charge in [0, 0.05) is 19.2 Å². The van der Waals surface area contributed by atoms with Gasteiger partial charge in [0.15, 0.2) is 0 Å². The molecule has 0 spiro atoms. The van der Waals surface area contributed by atoms with Gasteiger partial charge in [-0.1, -0.05) is 11.6 Å². The molecule has 0 atom stereocenters. The summed E-state index contributed by atoms with van der Waals surface area (Å²) in [7, 11) is -1.04. The number of nitrogens with zero attached hydrogens (tertiary/aromatic N) is 1. The molecule has 0 aromatic heterocycles. The van der Waals surface area contributed by atoms with Crippen molar-refractivity contribution in [1.29, 1.82) is 0 Å². The van der Waals surface area contributed by atoms with Crippen molar-refractivity contribution in [2.75, 3.05) is 27.3 Å². The summed E-state index contributed by atoms with van der Waals surface area (Å²) in [5.41, 5.74) is 0. The number of aliphatic carboxylic acids is 1. The van der Waals surface area contributed by atoms with Crippen molar-refractivity contribution in [3.8, 4) is 11.5 Å². The lowest BCUT2D eigenvalue weighted by atomic mass is 9.99. The first-order chi connectivity index (χ1) is 10.8. The fourth-order valence-corrected chi connectivity index (χ4v) is 4.45. The summed E-state index contributed by atoms with van der Waals surface area (Å²) in [5.74, 6) is -0.964. The van der Waals surface area contributed by atoms with Crippen molar-refractivity contribution in [3.05, 3.63) is 17.2 Å². The highest BCUT2D eigenvalue weighted by Gasteiger charge is 2.34. The van der Waals surface area contributed by atoms with Gasteiger partial charge in [0.25, 0.3) is 0 Å². The van der Waals surface area contributed by atoms with Gasteiger partial charge < -0.3 is 14.6 Å². The predicted molar refractivity (Wildman–Crippen MR) is 83.7 cm³/mol. The highest BCUT2D eigenvalue weighted by molar-refractivity contribution is 7.89. The molecule has 128 valence electrons. The average molecular weight is 364 g/mol. The predicted octanol–water partition coefficient (Wildman–Crippen LogP) is 1.84. The maximum atomic E-state index is 12.8. The smallest absolute Gasteiger partial charge is 0.306 e. The van der Waals surface area contributed by atoms with Gasteiger partial charge in [-0.2, -0.15) is 4.31 Å². The van der Waals surface area contributed by atoms with E-state index in [9.17, 15) is 13.2 Å². The van der Waals surface area contributed by atoms with Crippen LogP contribution in [0.1, 0.15) is 12.8 Å². The maximum absolute atomic E-state index is 12.8. The zero-order chi connectivity index (χ0) is 17.2. The molecule has 7 nitrogen and oxygen atoms in total. The molecule has 1 aromatic carbocycles. The third-order valence-corrected chi connectivity index (χ3v) is 6.07. The zero-order valence-corrected chi connectivity index (χ0v) is 14.4. The largest absolute Gasteiger partial charge is 0.495 e. The van der Waals surface area contributed by atoms with Crippen LogP contribution in [0, 0.1) is 5.92 Å². The van der Waals surface area contributed by atoms with Crippen LogP contribution in [0.4, 0.5) is 0 Å². The Morgan fingerprint density at radius 2 is 1.78 bits per heavy atom. The summed E-state index contributed by atoms with van der Waals surface area (Å²) < 4.78 is 37.0. The Bertz CT molecular complexity index is 697. The van der Waals surface area contributed by atoms with Crippen LogP contribution in [0.3, 0.4) is 0 Å². The molecule has 0 bridgehead atoms. The van der Waals surface area contributed by atoms with Crippen LogP contribution in [0.5, 0.6) is 11.5 Å². The minimum Gasteiger partial charge on any atom is -0.495 e. The minimum absolute atomic E-state index is 0.0559. The lowest BCUT2D eigenvalue weighted by molar-refractivity contribution is -0.142. The second kappa shape index (κ2) is 6.94. The van der Waals surface area contributed by atoms with E-state index in [2.05, 4.69) is 0 Å². The van der Waals surface area contributed by atoms with Crippen molar-refractivity contribution < 1.29 is 27.8 Å². The Labute approximate surface area is 139 Å². The number of rotatable bonds is 5. The second-order valence-corrected chi connectivity index (χ2v) is 7.47. The molecule has 23 heavy (non-hydrogen) atoms. The highest BCUT2D eigenvalue weighted by Crippen LogP contribution is 2.37. The third kappa shape index (κ3) is 3.54. The van der Waals surface area contributed by atoms with Gasteiger partial charge in [-0.15, -0.1) is 0 Å². The molecule has 1 aliphatic rings. The van der Waals surface area contributed by atoms with E-state index in [-0.39, 0.29) is 41.6 Å². The van der Waals surface area contributed by atoms with Crippen LogP contribution in [-0.2, 0) is 14.8 Å². The number of carboxylic acid groups (broad SMARTS) is 1. The molecule has 1 aromatic rings. The van der Waals surface area contributed by atoms with Gasteiger partial charge in [0.1, 0.15) is 16.4 Å². The topological polar surface area (TPSA) is 93.1 Å². The van der Waals surface area contributed by atoms with E-state index in [0.717, 1.165) is 0 Å². The average Bonchev–Trinajstić information content (AvgIpc) is 2.54. The van der Waals surface area contributed by atoms with E-state index in [1.807, 2.05) is 0 Å². The number of piperidine rings is 1. The SMILES string of the molecule is COc1cc(OC)c(S(=O)(=O)N2CCC(C(=O)O)CC2)cc1Cl. The molecular formula is C14H18ClNO6S. The number of halogens is 1. The summed E-state index contributed by atoms with van der Waals surface area (Å²) in [6.45, 7) is 0.290. The number of ether oxygens (including phenoxy) is 2. The summed E-state index contributed by atoms with van der Waals surface area (Å²) >= 11 is 6.03. The molecule has 9 heteroatoms. The van der Waals surface area contributed by atoms with Gasteiger partial charge in [-0.3, -0.25) is 4.79 Å². The molecule has 0 amide bonds. The number of hydrogen-bond donors (Lipinski definition) is 1. The van der Waals surface area contributed by atoms with Crippen molar-refractivity contribution in [2.24, 2.45) is 5.92 Å². The summed E-state index contributed by atoms with van der Waals surface area (Å²) in [4.78, 5) is 10.9. The third-order valence-electron chi connectivity index (χ3n) is 3.86. The van der Waals surface area contributed by atoms with E-state index in [4.69, 9.17) is 26.2 Å². The summed E-state index contributed by atoms with van der Waals surface area (Å²) in [6.07, 6.45) is 0.557. The lowest BCUT2D eigenvalue weighted by Gasteiger charge is -2.29. The van der Waals surface area contributed by atoms with Crippen LogP contribution < -0.4 is 9.47 Å². The van der Waals surface area contributed by atoms with Gasteiger partial charge in [0.2, 0.25) is 10.0 Å². The van der Waals surface area contributed by atoms with Gasteiger partial charge >= 0.3 is 5.97 Å². The number of carboxylic acids is 1. The van der Waals surface area contributed by atoms with Crippen LogP contribution in [-0.4, -0.2) is 51.1 Å². The Morgan fingerprint density at radius 3 is 2.26 bits per heavy atom. The normalized spacial score (nSPS) is 17.0. The Morgan fingerprint density at radius 1 is 1.22 bits per heavy atom. The fourth-order valence-electron chi connectivity index (χ4n) is 2.52. The minimum atomic E-state index is -3.83. The quantitative estimate of drug-likeness (QED) is 0.858. The molecular weight excluding hydrogens is 346 g/mol. The van der Waals surface area contributed by atoms with E-state index >= 15 is 0 Å². The van der Waals surface area contributed by atoms with Gasteiger partial charge in [-0.25, -0.2) is 8.42 Å². The number of sulfonamides is 1. The highest BCUT2D eigenvalue weighted by atomic mass is 35.5. The van der Waals surface area contributed by atoms with Crippen molar-refractivity contribution in [2.45, 2.75) is 17.7 Å². The molecule has 0 unspecified atom stereocenters. The van der Waals surface area contributed by atoms with Crippen LogP contribution in [0.15, 0.2) is 17.0 Å². The monoisotopic (exact) mass is 363 g/mol. The van der Waals surface area contributed by atoms with Gasteiger partial charge in [-0.05, 0) is 18.9 Å². The molecule has 2 rings (SSSR count). The summed E-state index contributed by atoms with van der Waals surface area (Å²) in [6, 6.07) is 2.71. The Balaban J connectivity index is 2.33. The fraction of sp³-hybridized carbons (Fsp3) is 0.500. The van der Waals surface area contributed by atoms with Crippen LogP contribution >= 0.6 is 11.6 Å². The van der Waals surface area contributed by atoms with E-state index in [1.165, 1.54) is 30.7 Å². The van der Waals surface area contributed by atoms with Crippen molar-refractivity contribution in [3.63, 3.8) is 0 Å². The van der Waals surface area contributed by atoms with Gasteiger partial charge in [0.05, 0.1) is 25.2 Å². The molecule has 1 N–H and O–H groups in total. The van der Waals surface area contributed by atoms with Crippen LogP contribution in [0.25, 0.3) is 0 Å². The number of methoxy groups -OCH3 is 2. The number of benzene rings is 1. The van der Waals surface area contributed by atoms with E-state index in [0.29, 0.717) is 5.75 Å². The number of carbonyl (C=O) groups is 1. The molecule has 0 radical (unpaired) electrons. The zero-order valence-electron chi connectivity index (χ0n) is 12.8. The number of hydrogen-bond acceptors (Lipinski definition) is 5. The Kier molecular flexibility index (Phi) is 5.38. The Hall–Kier alpha value is -1.51. The molecule has 1 aliphatic heterocycles. The standard InChI is InChI=1S/C14H18ClNO6S/c1-21-11-8-12(22-2)13(7-10(11)15)23(19,20)16-5-3-9(4-6-16)14(17)18/h7-9H,3-6H2,1-2H3,(H,17,18). The van der Waals surface area contributed by atoms with Crippen LogP contribution in [0.2, 0.25) is 5.02 Å².